The Morgan fingerprint density at radius 3 is 2.16 bits per heavy atom. The van der Waals surface area contributed by atoms with Crippen LogP contribution < -0.4 is 0 Å². The van der Waals surface area contributed by atoms with Crippen molar-refractivity contribution >= 4 is 5.57 Å². The first-order chi connectivity index (χ1) is 15.5. The molecular formula is C29H27F3. The maximum Gasteiger partial charge on any atom is 0.166 e. The van der Waals surface area contributed by atoms with Crippen molar-refractivity contribution < 1.29 is 13.2 Å². The van der Waals surface area contributed by atoms with Gasteiger partial charge in [0, 0.05) is 11.1 Å². The zero-order valence-electron chi connectivity index (χ0n) is 18.3. The van der Waals surface area contributed by atoms with Crippen molar-refractivity contribution in [3.05, 3.63) is 102 Å². The average molecular weight is 433 g/mol. The van der Waals surface area contributed by atoms with E-state index in [1.165, 1.54) is 12.5 Å². The Morgan fingerprint density at radius 2 is 1.53 bits per heavy atom. The number of hydrogen-bond acceptors (Lipinski definition) is 0. The lowest BCUT2D eigenvalue weighted by Gasteiger charge is -2.22. The summed E-state index contributed by atoms with van der Waals surface area (Å²) >= 11 is 0. The molecule has 0 nitrogen and oxygen atoms in total. The second-order valence-electron chi connectivity index (χ2n) is 8.57. The summed E-state index contributed by atoms with van der Waals surface area (Å²) in [6, 6.07) is 15.4. The van der Waals surface area contributed by atoms with Gasteiger partial charge in [0.15, 0.2) is 11.6 Å². The normalized spacial score (nSPS) is 16.0. The van der Waals surface area contributed by atoms with Gasteiger partial charge in [-0.2, -0.15) is 0 Å². The molecule has 1 atom stereocenters. The largest absolute Gasteiger partial charge is 0.206 e. The van der Waals surface area contributed by atoms with Crippen LogP contribution in [0.2, 0.25) is 0 Å². The van der Waals surface area contributed by atoms with E-state index in [0.29, 0.717) is 22.6 Å². The highest BCUT2D eigenvalue weighted by molar-refractivity contribution is 5.74. The molecule has 1 aliphatic rings. The van der Waals surface area contributed by atoms with Crippen molar-refractivity contribution in [1.29, 1.82) is 0 Å². The van der Waals surface area contributed by atoms with Gasteiger partial charge < -0.3 is 0 Å². The fraction of sp³-hybridized carbons (Fsp3) is 0.241. The Bertz CT molecular complexity index is 1160. The summed E-state index contributed by atoms with van der Waals surface area (Å²) < 4.78 is 43.2. The maximum absolute atomic E-state index is 15.0. The van der Waals surface area contributed by atoms with Crippen LogP contribution in [-0.2, 0) is 0 Å². The first-order valence-electron chi connectivity index (χ1n) is 11.1. The highest BCUT2D eigenvalue weighted by atomic mass is 19.2. The molecule has 1 unspecified atom stereocenters. The van der Waals surface area contributed by atoms with E-state index in [-0.39, 0.29) is 16.9 Å². The van der Waals surface area contributed by atoms with Gasteiger partial charge in [0.05, 0.1) is 0 Å². The monoisotopic (exact) mass is 432 g/mol. The van der Waals surface area contributed by atoms with Crippen molar-refractivity contribution in [2.24, 2.45) is 5.92 Å². The van der Waals surface area contributed by atoms with Gasteiger partial charge in [-0.1, -0.05) is 60.7 Å². The first-order valence-corrected chi connectivity index (χ1v) is 11.1. The second kappa shape index (κ2) is 9.60. The van der Waals surface area contributed by atoms with E-state index in [9.17, 15) is 13.2 Å². The average Bonchev–Trinajstić information content (AvgIpc) is 2.82. The Morgan fingerprint density at radius 1 is 0.875 bits per heavy atom. The number of rotatable bonds is 6. The molecule has 3 aromatic carbocycles. The highest BCUT2D eigenvalue weighted by Gasteiger charge is 2.17. The van der Waals surface area contributed by atoms with Gasteiger partial charge in [-0.3, -0.25) is 0 Å². The van der Waals surface area contributed by atoms with Crippen LogP contribution in [-0.4, -0.2) is 0 Å². The Kier molecular flexibility index (Phi) is 6.64. The van der Waals surface area contributed by atoms with Crippen molar-refractivity contribution in [2.45, 2.75) is 39.0 Å². The quantitative estimate of drug-likeness (QED) is 0.341. The lowest BCUT2D eigenvalue weighted by molar-refractivity contribution is 0.454. The SMILES string of the molecule is C=CCCC1CC=C(c2ccc(-c3ccc(-c4ccc(C)c(F)c4F)cc3)c(F)c2)CC1. The number of benzene rings is 3. The zero-order valence-corrected chi connectivity index (χ0v) is 18.3. The lowest BCUT2D eigenvalue weighted by Crippen LogP contribution is -2.05. The number of aryl methyl sites for hydroxylation is 1. The fourth-order valence-electron chi connectivity index (χ4n) is 4.41. The van der Waals surface area contributed by atoms with Crippen LogP contribution in [0.25, 0.3) is 27.8 Å². The fourth-order valence-corrected chi connectivity index (χ4v) is 4.41. The topological polar surface area (TPSA) is 0 Å². The molecule has 3 heteroatoms. The molecule has 0 bridgehead atoms. The molecule has 0 aliphatic heterocycles. The Hall–Kier alpha value is -3.07. The molecule has 0 fully saturated rings. The van der Waals surface area contributed by atoms with Crippen molar-refractivity contribution in [2.75, 3.05) is 0 Å². The second-order valence-corrected chi connectivity index (χ2v) is 8.57. The summed E-state index contributed by atoms with van der Waals surface area (Å²) in [5, 5.41) is 0. The van der Waals surface area contributed by atoms with Crippen molar-refractivity contribution in [3.8, 4) is 22.3 Å². The van der Waals surface area contributed by atoms with Crippen LogP contribution in [0, 0.1) is 30.3 Å². The third-order valence-electron chi connectivity index (χ3n) is 6.42. The number of allylic oxidation sites excluding steroid dienone is 3. The molecule has 0 heterocycles. The maximum atomic E-state index is 15.0. The highest BCUT2D eigenvalue weighted by Crippen LogP contribution is 2.35. The van der Waals surface area contributed by atoms with Crippen molar-refractivity contribution in [3.63, 3.8) is 0 Å². The Balaban J connectivity index is 1.53. The standard InChI is InChI=1S/C29H27F3/c1-3-4-5-20-7-9-21(10-8-20)24-15-17-25(27(30)18-24)22-11-13-23(14-12-22)26-16-6-19(2)28(31)29(26)32/h3,6,9,11-18,20H,1,4-5,7-8,10H2,2H3. The molecule has 0 N–H and O–H groups in total. The van der Waals surface area contributed by atoms with E-state index in [1.807, 2.05) is 12.1 Å². The van der Waals surface area contributed by atoms with Gasteiger partial charge in [-0.25, -0.2) is 13.2 Å². The molecule has 32 heavy (non-hydrogen) atoms. The van der Waals surface area contributed by atoms with Crippen LogP contribution in [0.4, 0.5) is 13.2 Å². The third kappa shape index (κ3) is 4.57. The molecule has 164 valence electrons. The number of halogens is 3. The Labute approximate surface area is 188 Å². The molecule has 0 aromatic heterocycles. The van der Waals surface area contributed by atoms with E-state index in [1.54, 1.807) is 48.5 Å². The zero-order chi connectivity index (χ0) is 22.7. The smallest absolute Gasteiger partial charge is 0.166 e. The van der Waals surface area contributed by atoms with Crippen LogP contribution in [0.1, 0.15) is 43.2 Å². The van der Waals surface area contributed by atoms with E-state index in [2.05, 4.69) is 12.7 Å². The van der Waals surface area contributed by atoms with Gasteiger partial charge in [-0.05, 0) is 78.8 Å². The van der Waals surface area contributed by atoms with Crippen LogP contribution in [0.3, 0.4) is 0 Å². The predicted octanol–water partition coefficient (Wildman–Crippen LogP) is 8.90. The van der Waals surface area contributed by atoms with Gasteiger partial charge in [0.2, 0.25) is 0 Å². The van der Waals surface area contributed by atoms with Gasteiger partial charge in [0.25, 0.3) is 0 Å². The van der Waals surface area contributed by atoms with Gasteiger partial charge in [-0.15, -0.1) is 6.58 Å². The molecule has 0 amide bonds. The molecule has 0 spiro atoms. The van der Waals surface area contributed by atoms with Gasteiger partial charge >= 0.3 is 0 Å². The minimum absolute atomic E-state index is 0.200. The van der Waals surface area contributed by atoms with E-state index >= 15 is 0 Å². The summed E-state index contributed by atoms with van der Waals surface area (Å²) in [7, 11) is 0. The molecule has 0 saturated heterocycles. The molecule has 1 aliphatic carbocycles. The molecule has 4 rings (SSSR count). The van der Waals surface area contributed by atoms with Gasteiger partial charge in [0.1, 0.15) is 5.82 Å². The minimum atomic E-state index is -0.860. The third-order valence-corrected chi connectivity index (χ3v) is 6.42. The molecular weight excluding hydrogens is 405 g/mol. The lowest BCUT2D eigenvalue weighted by atomic mass is 9.84. The molecule has 0 saturated carbocycles. The minimum Gasteiger partial charge on any atom is -0.206 e. The summed E-state index contributed by atoms with van der Waals surface area (Å²) in [4.78, 5) is 0. The van der Waals surface area contributed by atoms with Crippen LogP contribution in [0.5, 0.6) is 0 Å². The van der Waals surface area contributed by atoms with Crippen LogP contribution >= 0.6 is 0 Å². The predicted molar refractivity (Wildman–Crippen MR) is 127 cm³/mol. The summed E-state index contributed by atoms with van der Waals surface area (Å²) in [5.41, 5.74) is 4.36. The van der Waals surface area contributed by atoms with Crippen molar-refractivity contribution in [1.82, 2.24) is 0 Å². The summed E-state index contributed by atoms with van der Waals surface area (Å²) in [5.74, 6) is -1.29. The molecule has 3 aromatic rings. The molecule has 0 radical (unpaired) electrons. The van der Waals surface area contributed by atoms with E-state index in [0.717, 1.165) is 37.7 Å². The van der Waals surface area contributed by atoms with Crippen LogP contribution in [0.15, 0.2) is 73.3 Å². The summed E-state index contributed by atoms with van der Waals surface area (Å²) in [6.45, 7) is 5.32. The number of hydrogen-bond donors (Lipinski definition) is 0. The summed E-state index contributed by atoms with van der Waals surface area (Å²) in [6.07, 6.45) is 9.54. The van der Waals surface area contributed by atoms with E-state index in [4.69, 9.17) is 0 Å². The van der Waals surface area contributed by atoms with E-state index < -0.39 is 11.6 Å². The first kappa shape index (κ1) is 22.1.